The first kappa shape index (κ1) is 18.0. The van der Waals surface area contributed by atoms with Crippen molar-refractivity contribution in [3.63, 3.8) is 0 Å². The van der Waals surface area contributed by atoms with Gasteiger partial charge in [-0.1, -0.05) is 29.8 Å². The van der Waals surface area contributed by atoms with Gasteiger partial charge in [0.2, 0.25) is 5.91 Å². The second-order valence-electron chi connectivity index (χ2n) is 6.18. The zero-order valence-electron chi connectivity index (χ0n) is 15.0. The number of thiazole rings is 1. The lowest BCUT2D eigenvalue weighted by Gasteiger charge is -2.32. The number of aliphatic carboxylic acids is 1. The number of aryl methyl sites for hydroxylation is 2. The number of amidine groups is 1. The summed E-state index contributed by atoms with van der Waals surface area (Å²) in [6.07, 6.45) is 0. The molecular weight excluding hydrogens is 350 g/mol. The van der Waals surface area contributed by atoms with Gasteiger partial charge >= 0.3 is 5.97 Å². The van der Waals surface area contributed by atoms with E-state index in [1.54, 1.807) is 6.92 Å². The SMILES string of the molecule is CC(=O)N1C(c2csc(C)n2)=NC(c2cccc(C)c2)C(C(=O)O)=C1C. The number of benzene rings is 1. The number of carbonyl (C=O) groups excluding carboxylic acids is 1. The Bertz CT molecular complexity index is 958. The van der Waals surface area contributed by atoms with Crippen LogP contribution in [-0.2, 0) is 9.59 Å². The van der Waals surface area contributed by atoms with Crippen LogP contribution in [0.25, 0.3) is 0 Å². The minimum absolute atomic E-state index is 0.0986. The Morgan fingerprint density at radius 2 is 1.96 bits per heavy atom. The quantitative estimate of drug-likeness (QED) is 0.898. The van der Waals surface area contributed by atoms with Gasteiger partial charge in [0.1, 0.15) is 11.7 Å². The Morgan fingerprint density at radius 3 is 2.50 bits per heavy atom. The van der Waals surface area contributed by atoms with Gasteiger partial charge in [-0.15, -0.1) is 11.3 Å². The second-order valence-corrected chi connectivity index (χ2v) is 7.24. The van der Waals surface area contributed by atoms with Crippen molar-refractivity contribution in [1.29, 1.82) is 0 Å². The number of hydrogen-bond donors (Lipinski definition) is 1. The molecule has 134 valence electrons. The van der Waals surface area contributed by atoms with Gasteiger partial charge < -0.3 is 5.11 Å². The number of carboxylic acid groups (broad SMARTS) is 1. The molecule has 1 unspecified atom stereocenters. The summed E-state index contributed by atoms with van der Waals surface area (Å²) < 4.78 is 0. The highest BCUT2D eigenvalue weighted by atomic mass is 32.1. The predicted octanol–water partition coefficient (Wildman–Crippen LogP) is 3.47. The van der Waals surface area contributed by atoms with Crippen LogP contribution in [-0.4, -0.2) is 32.7 Å². The van der Waals surface area contributed by atoms with E-state index < -0.39 is 12.0 Å². The molecule has 3 rings (SSSR count). The molecule has 0 saturated heterocycles. The van der Waals surface area contributed by atoms with Crippen LogP contribution in [0.3, 0.4) is 0 Å². The van der Waals surface area contributed by atoms with E-state index in [1.807, 2.05) is 43.5 Å². The van der Waals surface area contributed by atoms with Crippen LogP contribution in [0.5, 0.6) is 0 Å². The van der Waals surface area contributed by atoms with Crippen LogP contribution >= 0.6 is 11.3 Å². The summed E-state index contributed by atoms with van der Waals surface area (Å²) in [6.45, 7) is 6.85. The van der Waals surface area contributed by atoms with Crippen molar-refractivity contribution in [2.24, 2.45) is 4.99 Å². The summed E-state index contributed by atoms with van der Waals surface area (Å²) in [6, 6.07) is 6.89. The van der Waals surface area contributed by atoms with E-state index in [1.165, 1.54) is 23.2 Å². The summed E-state index contributed by atoms with van der Waals surface area (Å²) in [5, 5.41) is 12.5. The highest BCUT2D eigenvalue weighted by Gasteiger charge is 2.36. The molecule has 1 aromatic carbocycles. The van der Waals surface area contributed by atoms with E-state index in [2.05, 4.69) is 9.98 Å². The summed E-state index contributed by atoms with van der Waals surface area (Å²) in [7, 11) is 0. The lowest BCUT2D eigenvalue weighted by molar-refractivity contribution is -0.133. The normalized spacial score (nSPS) is 17.3. The molecule has 1 aliphatic rings. The maximum absolute atomic E-state index is 12.3. The lowest BCUT2D eigenvalue weighted by Crippen LogP contribution is -2.40. The fraction of sp³-hybridized carbons (Fsp3) is 0.263. The Hall–Kier alpha value is -2.80. The minimum Gasteiger partial charge on any atom is -0.478 e. The van der Waals surface area contributed by atoms with Crippen LogP contribution < -0.4 is 0 Å². The molecule has 1 atom stereocenters. The summed E-state index contributed by atoms with van der Waals surface area (Å²) >= 11 is 1.46. The zero-order chi connectivity index (χ0) is 19.0. The molecule has 6 nitrogen and oxygen atoms in total. The lowest BCUT2D eigenvalue weighted by atomic mass is 9.94. The van der Waals surface area contributed by atoms with Gasteiger partial charge in [0.15, 0.2) is 5.84 Å². The molecule has 2 aromatic rings. The van der Waals surface area contributed by atoms with E-state index in [9.17, 15) is 14.7 Å². The van der Waals surface area contributed by atoms with Crippen molar-refractivity contribution >= 4 is 29.0 Å². The van der Waals surface area contributed by atoms with E-state index in [4.69, 9.17) is 0 Å². The van der Waals surface area contributed by atoms with Gasteiger partial charge in [0, 0.05) is 18.0 Å². The van der Waals surface area contributed by atoms with Crippen molar-refractivity contribution in [1.82, 2.24) is 9.88 Å². The number of aliphatic imine (C=N–C) groups is 1. The van der Waals surface area contributed by atoms with Crippen LogP contribution in [0.1, 0.15) is 41.7 Å². The first-order valence-corrected chi connectivity index (χ1v) is 8.99. The molecule has 0 bridgehead atoms. The first-order chi connectivity index (χ1) is 12.3. The molecule has 26 heavy (non-hydrogen) atoms. The molecule has 7 heteroatoms. The van der Waals surface area contributed by atoms with Gasteiger partial charge in [-0.2, -0.15) is 0 Å². The number of carbonyl (C=O) groups is 2. The summed E-state index contributed by atoms with van der Waals surface area (Å²) in [5.74, 6) is -0.998. The molecule has 2 heterocycles. The molecule has 0 fully saturated rings. The van der Waals surface area contributed by atoms with Crippen molar-refractivity contribution in [2.75, 3.05) is 0 Å². The number of rotatable bonds is 3. The predicted molar refractivity (Wildman–Crippen MR) is 100 cm³/mol. The Morgan fingerprint density at radius 1 is 1.23 bits per heavy atom. The van der Waals surface area contributed by atoms with Crippen LogP contribution in [0, 0.1) is 13.8 Å². The van der Waals surface area contributed by atoms with Gasteiger partial charge in [-0.3, -0.25) is 14.7 Å². The molecule has 0 spiro atoms. The third kappa shape index (κ3) is 3.17. The van der Waals surface area contributed by atoms with Gasteiger partial charge in [-0.05, 0) is 26.3 Å². The molecule has 1 amide bonds. The molecule has 1 aromatic heterocycles. The van der Waals surface area contributed by atoms with Gasteiger partial charge in [0.05, 0.1) is 10.6 Å². The molecule has 0 aliphatic carbocycles. The molecule has 0 saturated carbocycles. The minimum atomic E-state index is -1.09. The van der Waals surface area contributed by atoms with Gasteiger partial charge in [0.25, 0.3) is 0 Å². The summed E-state index contributed by atoms with van der Waals surface area (Å²) in [4.78, 5) is 34.7. The Kier molecular flexibility index (Phi) is 4.73. The number of amides is 1. The van der Waals surface area contributed by atoms with E-state index in [0.29, 0.717) is 17.2 Å². The number of allylic oxidation sites excluding steroid dienone is 1. The third-order valence-electron chi connectivity index (χ3n) is 4.21. The van der Waals surface area contributed by atoms with E-state index in [0.717, 1.165) is 16.1 Å². The highest BCUT2D eigenvalue weighted by Crippen LogP contribution is 2.35. The van der Waals surface area contributed by atoms with Crippen molar-refractivity contribution in [3.8, 4) is 0 Å². The molecular formula is C19H19N3O3S. The van der Waals surface area contributed by atoms with Gasteiger partial charge in [-0.25, -0.2) is 9.78 Å². The fourth-order valence-electron chi connectivity index (χ4n) is 3.11. The van der Waals surface area contributed by atoms with Crippen LogP contribution in [0.15, 0.2) is 45.9 Å². The summed E-state index contributed by atoms with van der Waals surface area (Å²) in [5.41, 5.74) is 2.83. The first-order valence-electron chi connectivity index (χ1n) is 8.11. The van der Waals surface area contributed by atoms with Crippen LogP contribution in [0.2, 0.25) is 0 Å². The average Bonchev–Trinajstić information content (AvgIpc) is 2.99. The number of aromatic nitrogens is 1. The van der Waals surface area contributed by atoms with E-state index >= 15 is 0 Å². The zero-order valence-corrected chi connectivity index (χ0v) is 15.8. The Balaban J connectivity index is 2.24. The molecule has 1 N–H and O–H groups in total. The fourth-order valence-corrected chi connectivity index (χ4v) is 3.70. The maximum Gasteiger partial charge on any atom is 0.335 e. The maximum atomic E-state index is 12.3. The van der Waals surface area contributed by atoms with Crippen LogP contribution in [0.4, 0.5) is 0 Å². The van der Waals surface area contributed by atoms with Crippen molar-refractivity contribution < 1.29 is 14.7 Å². The largest absolute Gasteiger partial charge is 0.478 e. The second kappa shape index (κ2) is 6.84. The number of hydrogen-bond acceptors (Lipinski definition) is 5. The third-order valence-corrected chi connectivity index (χ3v) is 4.99. The van der Waals surface area contributed by atoms with Crippen molar-refractivity contribution in [2.45, 2.75) is 33.7 Å². The standard InChI is InChI=1S/C19H19N3O3S/c1-10-6-5-7-14(8-10)17-16(19(24)25)11(2)22(13(4)23)18(21-17)15-9-26-12(3)20-15/h5-9,17H,1-4H3,(H,24,25). The smallest absolute Gasteiger partial charge is 0.335 e. The number of carboxylic acids is 1. The Labute approximate surface area is 155 Å². The highest BCUT2D eigenvalue weighted by molar-refractivity contribution is 7.09. The topological polar surface area (TPSA) is 82.9 Å². The van der Waals surface area contributed by atoms with Crippen molar-refractivity contribution in [3.05, 3.63) is 62.7 Å². The monoisotopic (exact) mass is 369 g/mol. The molecule has 0 radical (unpaired) electrons. The molecule has 1 aliphatic heterocycles. The van der Waals surface area contributed by atoms with E-state index in [-0.39, 0.29) is 11.5 Å². The number of nitrogens with zero attached hydrogens (tertiary/aromatic N) is 3. The average molecular weight is 369 g/mol.